The highest BCUT2D eigenvalue weighted by molar-refractivity contribution is 6.29. The lowest BCUT2D eigenvalue weighted by atomic mass is 10.3. The van der Waals surface area contributed by atoms with Crippen LogP contribution in [0, 0.1) is 10.1 Å². The van der Waals surface area contributed by atoms with Crippen molar-refractivity contribution in [3.05, 3.63) is 27.4 Å². The third-order valence-corrected chi connectivity index (χ3v) is 2.34. The van der Waals surface area contributed by atoms with Crippen molar-refractivity contribution < 1.29 is 9.72 Å². The summed E-state index contributed by atoms with van der Waals surface area (Å²) < 4.78 is 0. The Balaban J connectivity index is 2.96. The van der Waals surface area contributed by atoms with Gasteiger partial charge in [-0.2, -0.15) is 0 Å². The third kappa shape index (κ3) is 3.56. The van der Waals surface area contributed by atoms with Crippen LogP contribution in [0.2, 0.25) is 5.15 Å². The number of nitro groups is 1. The largest absolute Gasteiger partial charge is 0.355 e. The second kappa shape index (κ2) is 6.15. The fourth-order valence-electron chi connectivity index (χ4n) is 1.38. The topological polar surface area (TPSA) is 88.4 Å². The van der Waals surface area contributed by atoms with Gasteiger partial charge in [0.15, 0.2) is 0 Å². The first-order valence-corrected chi connectivity index (χ1v) is 5.62. The fraction of sp³-hybridized carbons (Fsp3) is 0.400. The van der Waals surface area contributed by atoms with Crippen LogP contribution in [0.25, 0.3) is 0 Å². The van der Waals surface area contributed by atoms with Gasteiger partial charge in [-0.15, -0.1) is 0 Å². The van der Waals surface area contributed by atoms with Gasteiger partial charge in [0.25, 0.3) is 0 Å². The molecule has 1 aromatic heterocycles. The first-order chi connectivity index (χ1) is 8.45. The molecule has 1 heterocycles. The van der Waals surface area contributed by atoms with Crippen molar-refractivity contribution in [1.82, 2.24) is 10.3 Å². The van der Waals surface area contributed by atoms with Gasteiger partial charge in [0, 0.05) is 19.7 Å². The predicted octanol–water partition coefficient (Wildman–Crippen LogP) is 1.22. The summed E-state index contributed by atoms with van der Waals surface area (Å²) in [7, 11) is 1.54. The lowest BCUT2D eigenvalue weighted by Crippen LogP contribution is -2.35. The molecule has 0 aliphatic carbocycles. The van der Waals surface area contributed by atoms with Crippen molar-refractivity contribution in [2.75, 3.05) is 25.0 Å². The number of carbonyl (C=O) groups excluding carboxylic acids is 1. The third-order valence-electron chi connectivity index (χ3n) is 2.13. The van der Waals surface area contributed by atoms with Gasteiger partial charge in [-0.25, -0.2) is 4.98 Å². The lowest BCUT2D eigenvalue weighted by Gasteiger charge is -2.17. The highest BCUT2D eigenvalue weighted by atomic mass is 35.5. The van der Waals surface area contributed by atoms with Crippen LogP contribution in [0.3, 0.4) is 0 Å². The van der Waals surface area contributed by atoms with Gasteiger partial charge in [0.1, 0.15) is 5.15 Å². The number of aromatic nitrogens is 1. The number of halogens is 1. The molecular weight excluding hydrogens is 260 g/mol. The summed E-state index contributed by atoms with van der Waals surface area (Å²) in [5.74, 6) is -0.171. The number of likely N-dealkylation sites (N-methyl/N-ethyl adjacent to an activating group) is 2. The maximum Gasteiger partial charge on any atom is 0.311 e. The first-order valence-electron chi connectivity index (χ1n) is 5.24. The standard InChI is InChI=1S/C10H13ClN4O3/c1-3-12-9(16)6-14(2)10-7(15(17)18)4-5-8(11)13-10/h4-5H,3,6H2,1-2H3,(H,12,16). The Hall–Kier alpha value is -1.89. The molecule has 1 N–H and O–H groups in total. The molecule has 0 unspecified atom stereocenters. The number of carbonyl (C=O) groups is 1. The Morgan fingerprint density at radius 3 is 2.83 bits per heavy atom. The molecule has 0 spiro atoms. The molecule has 0 fully saturated rings. The van der Waals surface area contributed by atoms with Gasteiger partial charge < -0.3 is 10.2 Å². The van der Waals surface area contributed by atoms with Crippen LogP contribution in [0.5, 0.6) is 0 Å². The SMILES string of the molecule is CCNC(=O)CN(C)c1nc(Cl)ccc1[N+](=O)[O-]. The molecule has 18 heavy (non-hydrogen) atoms. The number of anilines is 1. The predicted molar refractivity (Wildman–Crippen MR) is 67.9 cm³/mol. The molecule has 1 rings (SSSR count). The molecule has 98 valence electrons. The van der Waals surface area contributed by atoms with E-state index in [0.29, 0.717) is 6.54 Å². The molecule has 0 aliphatic rings. The van der Waals surface area contributed by atoms with Gasteiger partial charge in [0.2, 0.25) is 11.7 Å². The van der Waals surface area contributed by atoms with E-state index in [-0.39, 0.29) is 29.1 Å². The first kappa shape index (κ1) is 14.2. The smallest absolute Gasteiger partial charge is 0.311 e. The Kier molecular flexibility index (Phi) is 4.85. The number of hydrogen-bond acceptors (Lipinski definition) is 5. The van der Waals surface area contributed by atoms with E-state index in [1.165, 1.54) is 17.0 Å². The summed E-state index contributed by atoms with van der Waals surface area (Å²) in [6.07, 6.45) is 0. The minimum atomic E-state index is -0.563. The van der Waals surface area contributed by atoms with Crippen LogP contribution in [-0.4, -0.2) is 36.0 Å². The molecule has 0 radical (unpaired) electrons. The normalized spacial score (nSPS) is 9.94. The molecule has 0 atom stereocenters. The Morgan fingerprint density at radius 1 is 1.61 bits per heavy atom. The molecule has 8 heteroatoms. The molecule has 1 amide bonds. The van der Waals surface area contributed by atoms with Crippen LogP contribution >= 0.6 is 11.6 Å². The van der Waals surface area contributed by atoms with E-state index in [2.05, 4.69) is 10.3 Å². The molecule has 0 aliphatic heterocycles. The molecule has 1 aromatic rings. The fourth-order valence-corrected chi connectivity index (χ4v) is 1.53. The van der Waals surface area contributed by atoms with Gasteiger partial charge in [0.05, 0.1) is 11.5 Å². The van der Waals surface area contributed by atoms with E-state index in [1.807, 2.05) is 0 Å². The zero-order valence-electron chi connectivity index (χ0n) is 10.0. The molecule has 0 saturated heterocycles. The summed E-state index contributed by atoms with van der Waals surface area (Å²) in [4.78, 5) is 27.0. The second-order valence-electron chi connectivity index (χ2n) is 3.54. The van der Waals surface area contributed by atoms with Crippen molar-refractivity contribution in [1.29, 1.82) is 0 Å². The summed E-state index contributed by atoms with van der Waals surface area (Å²) in [5, 5.41) is 13.6. The Morgan fingerprint density at radius 2 is 2.28 bits per heavy atom. The lowest BCUT2D eigenvalue weighted by molar-refractivity contribution is -0.384. The second-order valence-corrected chi connectivity index (χ2v) is 3.93. The Labute approximate surface area is 109 Å². The molecule has 7 nitrogen and oxygen atoms in total. The van der Waals surface area contributed by atoms with E-state index in [0.717, 1.165) is 0 Å². The van der Waals surface area contributed by atoms with E-state index in [9.17, 15) is 14.9 Å². The average Bonchev–Trinajstić information content (AvgIpc) is 2.28. The number of rotatable bonds is 5. The maximum absolute atomic E-state index is 11.4. The van der Waals surface area contributed by atoms with Crippen LogP contribution < -0.4 is 10.2 Å². The summed E-state index contributed by atoms with van der Waals surface area (Å²) in [6, 6.07) is 2.60. The average molecular weight is 273 g/mol. The summed E-state index contributed by atoms with van der Waals surface area (Å²) in [6.45, 7) is 2.26. The minimum absolute atomic E-state index is 0.0258. The van der Waals surface area contributed by atoms with Crippen molar-refractivity contribution >= 4 is 29.0 Å². The van der Waals surface area contributed by atoms with Gasteiger partial charge >= 0.3 is 5.69 Å². The Bertz CT molecular complexity index is 466. The highest BCUT2D eigenvalue weighted by Gasteiger charge is 2.20. The van der Waals surface area contributed by atoms with Crippen LogP contribution in [0.1, 0.15) is 6.92 Å². The van der Waals surface area contributed by atoms with Gasteiger partial charge in [-0.1, -0.05) is 11.6 Å². The molecule has 0 bridgehead atoms. The number of nitrogens with zero attached hydrogens (tertiary/aromatic N) is 3. The number of pyridine rings is 1. The minimum Gasteiger partial charge on any atom is -0.355 e. The molecule has 0 aromatic carbocycles. The number of amides is 1. The monoisotopic (exact) mass is 272 g/mol. The van der Waals surface area contributed by atoms with Gasteiger partial charge in [-0.05, 0) is 13.0 Å². The zero-order valence-corrected chi connectivity index (χ0v) is 10.8. The van der Waals surface area contributed by atoms with Crippen LogP contribution in [-0.2, 0) is 4.79 Å². The van der Waals surface area contributed by atoms with Crippen LogP contribution in [0.4, 0.5) is 11.5 Å². The highest BCUT2D eigenvalue weighted by Crippen LogP contribution is 2.26. The molecule has 0 saturated carbocycles. The molecular formula is C10H13ClN4O3. The van der Waals surface area contributed by atoms with Crippen molar-refractivity contribution in [3.8, 4) is 0 Å². The summed E-state index contributed by atoms with van der Waals surface area (Å²) >= 11 is 5.70. The van der Waals surface area contributed by atoms with E-state index >= 15 is 0 Å². The van der Waals surface area contributed by atoms with Gasteiger partial charge in [-0.3, -0.25) is 14.9 Å². The van der Waals surface area contributed by atoms with E-state index < -0.39 is 4.92 Å². The quantitative estimate of drug-likeness (QED) is 0.494. The maximum atomic E-state index is 11.4. The number of nitrogens with one attached hydrogen (secondary N) is 1. The van der Waals surface area contributed by atoms with Crippen molar-refractivity contribution in [2.24, 2.45) is 0 Å². The van der Waals surface area contributed by atoms with Crippen molar-refractivity contribution in [3.63, 3.8) is 0 Å². The summed E-state index contributed by atoms with van der Waals surface area (Å²) in [5.41, 5.74) is -0.189. The van der Waals surface area contributed by atoms with Crippen molar-refractivity contribution in [2.45, 2.75) is 6.92 Å². The van der Waals surface area contributed by atoms with Crippen LogP contribution in [0.15, 0.2) is 12.1 Å². The number of hydrogen-bond donors (Lipinski definition) is 1. The van der Waals surface area contributed by atoms with E-state index in [1.54, 1.807) is 14.0 Å². The zero-order chi connectivity index (χ0) is 13.7. The van der Waals surface area contributed by atoms with E-state index in [4.69, 9.17) is 11.6 Å².